The molecule has 1 unspecified atom stereocenters. The molecule has 8 heteroatoms. The van der Waals surface area contributed by atoms with Gasteiger partial charge in [0, 0.05) is 30.6 Å². The SMILES string of the molecule is O=c1nc(-c2ccccc2F)ccn1CCCCC1C[C@@H]2C[N@@+]2(c2ccc(C(F)(F)F)cc2)C1. The van der Waals surface area contributed by atoms with Crippen molar-refractivity contribution < 1.29 is 17.6 Å². The fraction of sp³-hybridized carbons (Fsp3) is 0.385. The van der Waals surface area contributed by atoms with Crippen molar-refractivity contribution in [2.45, 2.75) is 44.4 Å². The summed E-state index contributed by atoms with van der Waals surface area (Å²) in [4.78, 5) is 16.4. The van der Waals surface area contributed by atoms with Crippen LogP contribution in [-0.4, -0.2) is 28.7 Å². The zero-order chi connectivity index (χ0) is 23.9. The van der Waals surface area contributed by atoms with E-state index in [1.165, 1.54) is 18.2 Å². The van der Waals surface area contributed by atoms with Crippen LogP contribution in [0.3, 0.4) is 0 Å². The first-order chi connectivity index (χ1) is 16.3. The zero-order valence-corrected chi connectivity index (χ0v) is 18.6. The second kappa shape index (κ2) is 8.65. The highest BCUT2D eigenvalue weighted by Crippen LogP contribution is 2.49. The molecule has 0 radical (unpaired) electrons. The Labute approximate surface area is 195 Å². The Balaban J connectivity index is 1.12. The van der Waals surface area contributed by atoms with Gasteiger partial charge in [-0.1, -0.05) is 18.6 Å². The molecule has 3 aromatic rings. The predicted octanol–water partition coefficient (Wildman–Crippen LogP) is 5.65. The maximum atomic E-state index is 13.9. The van der Waals surface area contributed by atoms with Gasteiger partial charge < -0.3 is 0 Å². The Hall–Kier alpha value is -3.00. The van der Waals surface area contributed by atoms with Crippen molar-refractivity contribution in [2.24, 2.45) is 5.92 Å². The van der Waals surface area contributed by atoms with Crippen LogP contribution in [0.1, 0.15) is 31.2 Å². The van der Waals surface area contributed by atoms with E-state index in [2.05, 4.69) is 4.98 Å². The standard InChI is InChI=1S/C26H26F4N3O/c27-23-7-2-1-6-22(23)24-12-14-32(25(34)31-24)13-4-3-5-18-15-21-17-33(21,16-18)20-10-8-19(9-11-20)26(28,29)30/h1-2,6-12,14,18,21H,3-5,13,15-17H2/q+1/t18?,21-,33-/m1/s1. The fourth-order valence-corrected chi connectivity index (χ4v) is 5.46. The lowest BCUT2D eigenvalue weighted by Gasteiger charge is -2.19. The maximum absolute atomic E-state index is 13.9. The van der Waals surface area contributed by atoms with Crippen LogP contribution in [0.2, 0.25) is 0 Å². The summed E-state index contributed by atoms with van der Waals surface area (Å²) in [5, 5.41) is 0. The quantitative estimate of drug-likeness (QED) is 0.193. The lowest BCUT2D eigenvalue weighted by molar-refractivity contribution is -0.137. The number of fused-ring (bicyclic) bond motifs is 1. The van der Waals surface area contributed by atoms with E-state index in [4.69, 9.17) is 0 Å². The molecule has 2 aliphatic heterocycles. The number of nitrogens with zero attached hydrogens (tertiary/aromatic N) is 3. The summed E-state index contributed by atoms with van der Waals surface area (Å²) in [6, 6.07) is 14.1. The van der Waals surface area contributed by atoms with Gasteiger partial charge in [0.2, 0.25) is 0 Å². The van der Waals surface area contributed by atoms with Gasteiger partial charge in [-0.2, -0.15) is 18.2 Å². The molecule has 0 spiro atoms. The molecule has 3 atom stereocenters. The van der Waals surface area contributed by atoms with Gasteiger partial charge >= 0.3 is 11.9 Å². The van der Waals surface area contributed by atoms with Crippen molar-refractivity contribution in [2.75, 3.05) is 13.1 Å². The molecule has 5 rings (SSSR count). The van der Waals surface area contributed by atoms with E-state index in [1.54, 1.807) is 47.2 Å². The molecular formula is C26H26F4N3O+. The van der Waals surface area contributed by atoms with E-state index >= 15 is 0 Å². The highest BCUT2D eigenvalue weighted by atomic mass is 19.4. The lowest BCUT2D eigenvalue weighted by atomic mass is 9.98. The van der Waals surface area contributed by atoms with Crippen LogP contribution >= 0.6 is 0 Å². The number of piperidine rings is 1. The number of aromatic nitrogens is 2. The molecule has 0 bridgehead atoms. The monoisotopic (exact) mass is 472 g/mol. The van der Waals surface area contributed by atoms with Gasteiger partial charge in [-0.15, -0.1) is 0 Å². The van der Waals surface area contributed by atoms with Crippen LogP contribution in [0.25, 0.3) is 11.3 Å². The number of aryl methyl sites for hydroxylation is 1. The van der Waals surface area contributed by atoms with Gasteiger partial charge in [0.15, 0.2) is 0 Å². The van der Waals surface area contributed by atoms with Crippen molar-refractivity contribution >= 4 is 5.69 Å². The number of hydrogen-bond acceptors (Lipinski definition) is 2. The Kier molecular flexibility index (Phi) is 5.80. The summed E-state index contributed by atoms with van der Waals surface area (Å²) in [5.41, 5.74) is 0.631. The average Bonchev–Trinajstić information content (AvgIpc) is 3.38. The van der Waals surface area contributed by atoms with Crippen molar-refractivity contribution in [1.82, 2.24) is 14.0 Å². The summed E-state index contributed by atoms with van der Waals surface area (Å²) in [7, 11) is 0. The highest BCUT2D eigenvalue weighted by Gasteiger charge is 2.62. The van der Waals surface area contributed by atoms with Gasteiger partial charge in [-0.25, -0.2) is 9.18 Å². The van der Waals surface area contributed by atoms with E-state index in [0.717, 1.165) is 48.9 Å². The minimum absolute atomic E-state index is 0.312. The summed E-state index contributed by atoms with van der Waals surface area (Å²) >= 11 is 0. The smallest absolute Gasteiger partial charge is 0.299 e. The molecule has 4 nitrogen and oxygen atoms in total. The minimum atomic E-state index is -4.31. The summed E-state index contributed by atoms with van der Waals surface area (Å²) in [5.74, 6) is 0.133. The van der Waals surface area contributed by atoms with Crippen LogP contribution in [-0.2, 0) is 12.7 Å². The number of hydrogen-bond donors (Lipinski definition) is 0. The Morgan fingerprint density at radius 1 is 1.00 bits per heavy atom. The number of unbranched alkanes of at least 4 members (excludes halogenated alkanes) is 1. The third kappa shape index (κ3) is 4.39. The van der Waals surface area contributed by atoms with Gasteiger partial charge in [0.25, 0.3) is 0 Å². The van der Waals surface area contributed by atoms with Crippen LogP contribution < -0.4 is 10.2 Å². The number of benzene rings is 2. The highest BCUT2D eigenvalue weighted by molar-refractivity contribution is 5.59. The van der Waals surface area contributed by atoms with E-state index < -0.39 is 17.6 Å². The molecule has 0 saturated carbocycles. The Morgan fingerprint density at radius 2 is 1.76 bits per heavy atom. The lowest BCUT2D eigenvalue weighted by Crippen LogP contribution is -2.28. The van der Waals surface area contributed by atoms with Crippen molar-refractivity contribution in [1.29, 1.82) is 0 Å². The molecule has 3 heterocycles. The molecule has 34 heavy (non-hydrogen) atoms. The van der Waals surface area contributed by atoms with Gasteiger partial charge in [-0.05, 0) is 55.3 Å². The molecule has 2 aromatic carbocycles. The molecule has 1 aromatic heterocycles. The first-order valence-corrected chi connectivity index (χ1v) is 11.6. The van der Waals surface area contributed by atoms with E-state index in [0.29, 0.717) is 29.8 Å². The normalized spacial score (nSPS) is 23.6. The third-order valence-corrected chi connectivity index (χ3v) is 7.29. The minimum Gasteiger partial charge on any atom is -0.299 e. The molecule has 2 fully saturated rings. The maximum Gasteiger partial charge on any atom is 0.416 e. The number of quaternary nitrogens is 1. The summed E-state index contributed by atoms with van der Waals surface area (Å²) < 4.78 is 54.9. The second-order valence-corrected chi connectivity index (χ2v) is 9.46. The predicted molar refractivity (Wildman–Crippen MR) is 123 cm³/mol. The zero-order valence-electron chi connectivity index (χ0n) is 18.6. The number of alkyl halides is 3. The summed E-state index contributed by atoms with van der Waals surface area (Å²) in [6.07, 6.45) is 1.29. The first-order valence-electron chi connectivity index (χ1n) is 11.6. The van der Waals surface area contributed by atoms with Crippen molar-refractivity contribution in [3.63, 3.8) is 0 Å². The third-order valence-electron chi connectivity index (χ3n) is 7.29. The number of halogens is 4. The molecule has 0 aliphatic carbocycles. The van der Waals surface area contributed by atoms with Crippen LogP contribution in [0.4, 0.5) is 23.2 Å². The van der Waals surface area contributed by atoms with E-state index in [9.17, 15) is 22.4 Å². The van der Waals surface area contributed by atoms with Gasteiger partial charge in [-0.3, -0.25) is 9.05 Å². The fourth-order valence-electron chi connectivity index (χ4n) is 5.46. The van der Waals surface area contributed by atoms with Gasteiger partial charge in [0.05, 0.1) is 17.8 Å². The molecule has 2 aliphatic rings. The second-order valence-electron chi connectivity index (χ2n) is 9.46. The molecule has 0 amide bonds. The molecule has 178 valence electrons. The van der Waals surface area contributed by atoms with Crippen LogP contribution in [0, 0.1) is 11.7 Å². The largest absolute Gasteiger partial charge is 0.416 e. The molecule has 2 saturated heterocycles. The van der Waals surface area contributed by atoms with E-state index in [-0.39, 0.29) is 5.69 Å². The first kappa shape index (κ1) is 22.8. The Bertz CT molecular complexity index is 1240. The average molecular weight is 473 g/mol. The summed E-state index contributed by atoms with van der Waals surface area (Å²) in [6.45, 7) is 2.53. The number of rotatable bonds is 7. The molecule has 0 N–H and O–H groups in total. The molecular weight excluding hydrogens is 446 g/mol. The van der Waals surface area contributed by atoms with Crippen molar-refractivity contribution in [3.8, 4) is 11.3 Å². The topological polar surface area (TPSA) is 34.9 Å². The van der Waals surface area contributed by atoms with Crippen molar-refractivity contribution in [3.05, 3.63) is 82.7 Å². The van der Waals surface area contributed by atoms with Crippen LogP contribution in [0.5, 0.6) is 0 Å². The van der Waals surface area contributed by atoms with E-state index in [1.807, 2.05) is 0 Å². The van der Waals surface area contributed by atoms with Gasteiger partial charge in [0.1, 0.15) is 24.1 Å². The Morgan fingerprint density at radius 3 is 2.47 bits per heavy atom. The van der Waals surface area contributed by atoms with Crippen LogP contribution in [0.15, 0.2) is 65.6 Å².